The van der Waals surface area contributed by atoms with E-state index in [0.29, 0.717) is 12.5 Å². The summed E-state index contributed by atoms with van der Waals surface area (Å²) in [6.07, 6.45) is 5.45. The van der Waals surface area contributed by atoms with Crippen molar-refractivity contribution >= 4 is 0 Å². The molecule has 0 aromatic heterocycles. The SMILES string of the molecule is CC[C@@H]1[C@H](CC)[C@@H]2CC[C@H]1C2CO. The van der Waals surface area contributed by atoms with Gasteiger partial charge in [0, 0.05) is 6.61 Å². The Kier molecular flexibility index (Phi) is 2.64. The lowest BCUT2D eigenvalue weighted by Gasteiger charge is -2.29. The zero-order valence-electron chi connectivity index (χ0n) is 8.87. The van der Waals surface area contributed by atoms with Crippen LogP contribution in [0.4, 0.5) is 0 Å². The first-order chi connectivity index (χ1) is 6.33. The lowest BCUT2D eigenvalue weighted by molar-refractivity contribution is 0.183. The second kappa shape index (κ2) is 3.61. The van der Waals surface area contributed by atoms with Crippen LogP contribution in [0.5, 0.6) is 0 Å². The molecule has 5 atom stereocenters. The molecule has 0 aromatic rings. The molecule has 0 heterocycles. The first-order valence-electron chi connectivity index (χ1n) is 5.94. The van der Waals surface area contributed by atoms with E-state index in [1.54, 1.807) is 0 Å². The predicted octanol–water partition coefficient (Wildman–Crippen LogP) is 2.69. The second-order valence-corrected chi connectivity index (χ2v) is 4.90. The lowest BCUT2D eigenvalue weighted by atomic mass is 9.77. The smallest absolute Gasteiger partial charge is 0.0464 e. The predicted molar refractivity (Wildman–Crippen MR) is 54.4 cm³/mol. The average molecular weight is 182 g/mol. The van der Waals surface area contributed by atoms with Gasteiger partial charge in [0.2, 0.25) is 0 Å². The number of hydrogen-bond acceptors (Lipinski definition) is 1. The summed E-state index contributed by atoms with van der Waals surface area (Å²) >= 11 is 0. The van der Waals surface area contributed by atoms with Crippen molar-refractivity contribution in [3.05, 3.63) is 0 Å². The van der Waals surface area contributed by atoms with Crippen molar-refractivity contribution in [3.8, 4) is 0 Å². The maximum absolute atomic E-state index is 9.37. The van der Waals surface area contributed by atoms with Crippen LogP contribution >= 0.6 is 0 Å². The first-order valence-corrected chi connectivity index (χ1v) is 5.94. The topological polar surface area (TPSA) is 20.2 Å². The zero-order valence-corrected chi connectivity index (χ0v) is 8.87. The van der Waals surface area contributed by atoms with E-state index >= 15 is 0 Å². The molecule has 2 rings (SSSR count). The van der Waals surface area contributed by atoms with E-state index in [1.807, 2.05) is 0 Å². The highest BCUT2D eigenvalue weighted by atomic mass is 16.3. The molecule has 2 bridgehead atoms. The highest BCUT2D eigenvalue weighted by molar-refractivity contribution is 5.00. The van der Waals surface area contributed by atoms with Crippen LogP contribution < -0.4 is 0 Å². The molecule has 1 N–H and O–H groups in total. The molecule has 0 aromatic carbocycles. The minimum atomic E-state index is 0.447. The lowest BCUT2D eigenvalue weighted by Crippen LogP contribution is -2.20. The Morgan fingerprint density at radius 2 is 1.38 bits per heavy atom. The second-order valence-electron chi connectivity index (χ2n) is 4.90. The normalized spacial score (nSPS) is 48.7. The summed E-state index contributed by atoms with van der Waals surface area (Å²) in [5.74, 6) is 4.26. The van der Waals surface area contributed by atoms with E-state index in [1.165, 1.54) is 25.7 Å². The van der Waals surface area contributed by atoms with Gasteiger partial charge in [-0.15, -0.1) is 0 Å². The average Bonchev–Trinajstić information content (AvgIpc) is 2.70. The third-order valence-electron chi connectivity index (χ3n) is 4.74. The molecule has 76 valence electrons. The van der Waals surface area contributed by atoms with Gasteiger partial charge in [0.05, 0.1) is 0 Å². The molecule has 0 spiro atoms. The summed E-state index contributed by atoms with van der Waals surface area (Å²) in [6.45, 7) is 5.09. The highest BCUT2D eigenvalue weighted by Gasteiger charge is 2.52. The van der Waals surface area contributed by atoms with E-state index in [0.717, 1.165) is 23.7 Å². The standard InChI is InChI=1S/C12H22O/c1-3-8-9(4-2)11-6-5-10(8)12(11)7-13/h8-13H,3-7H2,1-2H3/t8-,9+,10-,11+,12?. The fraction of sp³-hybridized carbons (Fsp3) is 1.00. The van der Waals surface area contributed by atoms with Crippen LogP contribution in [-0.4, -0.2) is 11.7 Å². The monoisotopic (exact) mass is 182 g/mol. The Morgan fingerprint density at radius 1 is 0.923 bits per heavy atom. The fourth-order valence-corrected chi connectivity index (χ4v) is 4.31. The molecule has 0 aliphatic heterocycles. The van der Waals surface area contributed by atoms with Crippen LogP contribution in [-0.2, 0) is 0 Å². The van der Waals surface area contributed by atoms with Gasteiger partial charge in [0.1, 0.15) is 0 Å². The quantitative estimate of drug-likeness (QED) is 0.711. The van der Waals surface area contributed by atoms with Crippen LogP contribution in [0.1, 0.15) is 39.5 Å². The van der Waals surface area contributed by atoms with Crippen molar-refractivity contribution in [1.82, 2.24) is 0 Å². The Hall–Kier alpha value is -0.0400. The maximum atomic E-state index is 9.37. The molecule has 2 fully saturated rings. The molecule has 2 aliphatic rings. The summed E-state index contributed by atoms with van der Waals surface area (Å²) in [7, 11) is 0. The number of rotatable bonds is 3. The number of hydrogen-bond donors (Lipinski definition) is 1. The van der Waals surface area contributed by atoms with Crippen molar-refractivity contribution < 1.29 is 5.11 Å². The largest absolute Gasteiger partial charge is 0.396 e. The van der Waals surface area contributed by atoms with Gasteiger partial charge in [-0.3, -0.25) is 0 Å². The summed E-state index contributed by atoms with van der Waals surface area (Å²) in [6, 6.07) is 0. The molecule has 0 amide bonds. The molecule has 1 nitrogen and oxygen atoms in total. The molecule has 2 saturated carbocycles. The van der Waals surface area contributed by atoms with Crippen molar-refractivity contribution in [1.29, 1.82) is 0 Å². The first kappa shape index (κ1) is 9.51. The van der Waals surface area contributed by atoms with Gasteiger partial charge in [-0.1, -0.05) is 26.7 Å². The van der Waals surface area contributed by atoms with Gasteiger partial charge in [-0.05, 0) is 42.4 Å². The van der Waals surface area contributed by atoms with Crippen molar-refractivity contribution in [2.75, 3.05) is 6.61 Å². The van der Waals surface area contributed by atoms with Gasteiger partial charge >= 0.3 is 0 Å². The van der Waals surface area contributed by atoms with Crippen LogP contribution in [0.2, 0.25) is 0 Å². The van der Waals surface area contributed by atoms with E-state index in [4.69, 9.17) is 0 Å². The van der Waals surface area contributed by atoms with E-state index < -0.39 is 0 Å². The molecular weight excluding hydrogens is 160 g/mol. The van der Waals surface area contributed by atoms with E-state index in [9.17, 15) is 5.11 Å². The van der Waals surface area contributed by atoms with Crippen molar-refractivity contribution in [2.24, 2.45) is 29.6 Å². The molecule has 13 heavy (non-hydrogen) atoms. The molecule has 0 saturated heterocycles. The number of fused-ring (bicyclic) bond motifs is 2. The highest BCUT2D eigenvalue weighted by Crippen LogP contribution is 2.57. The Balaban J connectivity index is 2.15. The fourth-order valence-electron chi connectivity index (χ4n) is 4.31. The Labute approximate surface area is 81.5 Å². The number of aliphatic hydroxyl groups excluding tert-OH is 1. The zero-order chi connectivity index (χ0) is 9.42. The molecular formula is C12H22O. The van der Waals surface area contributed by atoms with E-state index in [2.05, 4.69) is 13.8 Å². The summed E-state index contributed by atoms with van der Waals surface area (Å²) in [5.41, 5.74) is 0. The van der Waals surface area contributed by atoms with Crippen LogP contribution in [0.3, 0.4) is 0 Å². The van der Waals surface area contributed by atoms with Crippen LogP contribution in [0.25, 0.3) is 0 Å². The van der Waals surface area contributed by atoms with Crippen molar-refractivity contribution in [2.45, 2.75) is 39.5 Å². The summed E-state index contributed by atoms with van der Waals surface area (Å²) in [4.78, 5) is 0. The molecule has 0 radical (unpaired) electrons. The third kappa shape index (κ3) is 1.24. The van der Waals surface area contributed by atoms with Gasteiger partial charge < -0.3 is 5.11 Å². The minimum absolute atomic E-state index is 0.447. The third-order valence-corrected chi connectivity index (χ3v) is 4.74. The van der Waals surface area contributed by atoms with Gasteiger partial charge in [-0.25, -0.2) is 0 Å². The summed E-state index contributed by atoms with van der Waals surface area (Å²) in [5, 5.41) is 9.37. The van der Waals surface area contributed by atoms with E-state index in [-0.39, 0.29) is 0 Å². The Morgan fingerprint density at radius 3 is 1.69 bits per heavy atom. The van der Waals surface area contributed by atoms with Crippen LogP contribution in [0.15, 0.2) is 0 Å². The van der Waals surface area contributed by atoms with Crippen molar-refractivity contribution in [3.63, 3.8) is 0 Å². The summed E-state index contributed by atoms with van der Waals surface area (Å²) < 4.78 is 0. The Bertz CT molecular complexity index is 156. The molecule has 2 aliphatic carbocycles. The molecule has 1 heteroatoms. The van der Waals surface area contributed by atoms with Crippen LogP contribution in [0, 0.1) is 29.6 Å². The van der Waals surface area contributed by atoms with Gasteiger partial charge in [0.15, 0.2) is 0 Å². The number of aliphatic hydroxyl groups is 1. The minimum Gasteiger partial charge on any atom is -0.396 e. The van der Waals surface area contributed by atoms with Gasteiger partial charge in [0.25, 0.3) is 0 Å². The van der Waals surface area contributed by atoms with Gasteiger partial charge in [-0.2, -0.15) is 0 Å². The molecule has 1 unspecified atom stereocenters. The maximum Gasteiger partial charge on any atom is 0.0464 e.